The molecule has 132 valence electrons. The summed E-state index contributed by atoms with van der Waals surface area (Å²) in [5.74, 6) is -0.744. The van der Waals surface area contributed by atoms with Crippen molar-refractivity contribution in [1.29, 1.82) is 0 Å². The third kappa shape index (κ3) is 5.67. The van der Waals surface area contributed by atoms with Gasteiger partial charge < -0.3 is 10.1 Å². The minimum absolute atomic E-state index is 0.0479. The number of amides is 1. The zero-order valence-electron chi connectivity index (χ0n) is 14.9. The minimum Gasteiger partial charge on any atom is -0.463 e. The zero-order valence-corrected chi connectivity index (χ0v) is 14.9. The monoisotopic (exact) mass is 341 g/mol. The number of hydrogen-bond acceptors (Lipinski definition) is 5. The van der Waals surface area contributed by atoms with Gasteiger partial charge in [0.2, 0.25) is 0 Å². The average Bonchev–Trinajstić information content (AvgIpc) is 2.54. The maximum Gasteiger partial charge on any atom is 0.308 e. The summed E-state index contributed by atoms with van der Waals surface area (Å²) < 4.78 is 5.21. The predicted molar refractivity (Wildman–Crippen MR) is 94.0 cm³/mol. The Morgan fingerprint density at radius 2 is 1.76 bits per heavy atom. The van der Waals surface area contributed by atoms with Crippen LogP contribution in [0.2, 0.25) is 0 Å². The Labute approximate surface area is 147 Å². The van der Waals surface area contributed by atoms with Crippen LogP contribution in [0.25, 0.3) is 0 Å². The third-order valence-electron chi connectivity index (χ3n) is 3.54. The number of esters is 1. The molecule has 0 saturated heterocycles. The number of carbonyl (C=O) groups is 2. The molecule has 0 radical (unpaired) electrons. The molecule has 6 heteroatoms. The lowest BCUT2D eigenvalue weighted by Crippen LogP contribution is -2.31. The van der Waals surface area contributed by atoms with Gasteiger partial charge in [-0.25, -0.2) is 4.98 Å². The van der Waals surface area contributed by atoms with E-state index in [-0.39, 0.29) is 30.1 Å². The summed E-state index contributed by atoms with van der Waals surface area (Å²) in [7, 11) is 0. The van der Waals surface area contributed by atoms with Crippen molar-refractivity contribution in [2.24, 2.45) is 0 Å². The molecule has 25 heavy (non-hydrogen) atoms. The van der Waals surface area contributed by atoms with E-state index in [9.17, 15) is 9.59 Å². The Kier molecular flexibility index (Phi) is 6.22. The summed E-state index contributed by atoms with van der Waals surface area (Å²) in [6, 6.07) is 7.16. The van der Waals surface area contributed by atoms with Crippen molar-refractivity contribution in [3.05, 3.63) is 59.2 Å². The Morgan fingerprint density at radius 1 is 1.08 bits per heavy atom. The van der Waals surface area contributed by atoms with Crippen molar-refractivity contribution in [2.45, 2.75) is 46.3 Å². The van der Waals surface area contributed by atoms with Gasteiger partial charge in [0.05, 0.1) is 30.5 Å². The average molecular weight is 341 g/mol. The summed E-state index contributed by atoms with van der Waals surface area (Å²) in [5.41, 5.74) is 2.87. The molecule has 0 bridgehead atoms. The Morgan fingerprint density at radius 3 is 2.32 bits per heavy atom. The number of rotatable bonds is 6. The van der Waals surface area contributed by atoms with Crippen LogP contribution >= 0.6 is 0 Å². The highest BCUT2D eigenvalue weighted by Crippen LogP contribution is 2.19. The Balaban J connectivity index is 2.18. The second-order valence-electron chi connectivity index (χ2n) is 6.22. The topological polar surface area (TPSA) is 81.2 Å². The first-order chi connectivity index (χ1) is 11.8. The molecule has 0 unspecified atom stereocenters. The number of aromatic nitrogens is 2. The van der Waals surface area contributed by atoms with Crippen LogP contribution < -0.4 is 5.32 Å². The van der Waals surface area contributed by atoms with Crippen molar-refractivity contribution >= 4 is 11.9 Å². The molecule has 2 rings (SSSR count). The molecule has 2 aromatic rings. The Hall–Kier alpha value is -2.76. The first-order valence-corrected chi connectivity index (χ1v) is 8.20. The molecule has 1 atom stereocenters. The van der Waals surface area contributed by atoms with Crippen LogP contribution in [0, 0.1) is 13.8 Å². The van der Waals surface area contributed by atoms with Gasteiger partial charge in [0.25, 0.3) is 5.91 Å². The number of nitrogens with zero attached hydrogens (tertiary/aromatic N) is 2. The van der Waals surface area contributed by atoms with E-state index in [0.717, 1.165) is 16.8 Å². The number of carbonyl (C=O) groups excluding carboxylic acids is 2. The number of nitrogens with one attached hydrogen (secondary N) is 1. The van der Waals surface area contributed by atoms with Gasteiger partial charge in [-0.2, -0.15) is 0 Å². The minimum atomic E-state index is -0.498. The molecule has 1 N–H and O–H groups in total. The molecule has 0 aliphatic carbocycles. The maximum absolute atomic E-state index is 12.4. The van der Waals surface area contributed by atoms with Crippen molar-refractivity contribution < 1.29 is 14.3 Å². The van der Waals surface area contributed by atoms with E-state index in [0.29, 0.717) is 0 Å². The highest BCUT2D eigenvalue weighted by molar-refractivity contribution is 5.92. The zero-order chi connectivity index (χ0) is 18.4. The van der Waals surface area contributed by atoms with Gasteiger partial charge >= 0.3 is 5.97 Å². The van der Waals surface area contributed by atoms with Crippen LogP contribution in [0.5, 0.6) is 0 Å². The standard InChI is InChI=1S/C19H23N3O3/c1-12(2)25-18(23)9-16(15-7-5-13(3)6-8-15)22-19(24)17-11-20-14(4)10-21-17/h5-8,10-12,16H,9H2,1-4H3,(H,22,24)/t16-/m1/s1. The smallest absolute Gasteiger partial charge is 0.308 e. The number of ether oxygens (including phenoxy) is 1. The van der Waals surface area contributed by atoms with E-state index in [1.807, 2.05) is 31.2 Å². The normalized spacial score (nSPS) is 11.9. The summed E-state index contributed by atoms with van der Waals surface area (Å²) >= 11 is 0. The maximum atomic E-state index is 12.4. The molecule has 0 aliphatic rings. The van der Waals surface area contributed by atoms with Gasteiger partial charge in [0.1, 0.15) is 5.69 Å². The summed E-state index contributed by atoms with van der Waals surface area (Å²) in [6.45, 7) is 7.36. The Bertz CT molecular complexity index is 725. The fourth-order valence-corrected chi connectivity index (χ4v) is 2.27. The van der Waals surface area contributed by atoms with Crippen LogP contribution in [0.1, 0.15) is 53.6 Å². The SMILES string of the molecule is Cc1ccc([C@@H](CC(=O)OC(C)C)NC(=O)c2cnc(C)cn2)cc1. The molecule has 1 aromatic carbocycles. The molecular weight excluding hydrogens is 318 g/mol. The highest BCUT2D eigenvalue weighted by atomic mass is 16.5. The second kappa shape index (κ2) is 8.37. The van der Waals surface area contributed by atoms with E-state index in [2.05, 4.69) is 15.3 Å². The van der Waals surface area contributed by atoms with Gasteiger partial charge in [-0.1, -0.05) is 29.8 Å². The predicted octanol–water partition coefficient (Wildman–Crippen LogP) is 2.91. The van der Waals surface area contributed by atoms with E-state index >= 15 is 0 Å². The van der Waals surface area contributed by atoms with Crippen molar-refractivity contribution in [3.63, 3.8) is 0 Å². The fourth-order valence-electron chi connectivity index (χ4n) is 2.27. The number of hydrogen-bond donors (Lipinski definition) is 1. The van der Waals surface area contributed by atoms with Crippen LogP contribution in [-0.4, -0.2) is 27.9 Å². The van der Waals surface area contributed by atoms with Crippen LogP contribution in [0.3, 0.4) is 0 Å². The van der Waals surface area contributed by atoms with E-state index in [1.165, 1.54) is 12.4 Å². The van der Waals surface area contributed by atoms with Crippen molar-refractivity contribution in [1.82, 2.24) is 15.3 Å². The largest absolute Gasteiger partial charge is 0.463 e. The van der Waals surface area contributed by atoms with Gasteiger partial charge in [0, 0.05) is 6.20 Å². The third-order valence-corrected chi connectivity index (χ3v) is 3.54. The van der Waals surface area contributed by atoms with Gasteiger partial charge in [-0.15, -0.1) is 0 Å². The number of benzene rings is 1. The highest BCUT2D eigenvalue weighted by Gasteiger charge is 2.21. The number of aryl methyl sites for hydroxylation is 2. The quantitative estimate of drug-likeness (QED) is 0.817. The molecule has 0 fully saturated rings. The van der Waals surface area contributed by atoms with Crippen LogP contribution in [-0.2, 0) is 9.53 Å². The van der Waals surface area contributed by atoms with Gasteiger partial charge in [-0.3, -0.25) is 14.6 Å². The van der Waals surface area contributed by atoms with Crippen molar-refractivity contribution in [2.75, 3.05) is 0 Å². The molecule has 1 heterocycles. The molecule has 1 aromatic heterocycles. The van der Waals surface area contributed by atoms with E-state index in [4.69, 9.17) is 4.74 Å². The molecule has 6 nitrogen and oxygen atoms in total. The lowest BCUT2D eigenvalue weighted by molar-refractivity contribution is -0.147. The summed E-state index contributed by atoms with van der Waals surface area (Å²) in [4.78, 5) is 32.7. The van der Waals surface area contributed by atoms with Gasteiger partial charge in [0.15, 0.2) is 0 Å². The molecule has 0 saturated carbocycles. The van der Waals surface area contributed by atoms with Crippen molar-refractivity contribution in [3.8, 4) is 0 Å². The van der Waals surface area contributed by atoms with Crippen LogP contribution in [0.4, 0.5) is 0 Å². The molecule has 1 amide bonds. The van der Waals surface area contributed by atoms with E-state index in [1.54, 1.807) is 20.8 Å². The summed E-state index contributed by atoms with van der Waals surface area (Å²) in [6.07, 6.45) is 2.79. The fraction of sp³-hybridized carbons (Fsp3) is 0.368. The summed E-state index contributed by atoms with van der Waals surface area (Å²) in [5, 5.41) is 2.85. The molecule has 0 spiro atoms. The lowest BCUT2D eigenvalue weighted by atomic mass is 10.0. The van der Waals surface area contributed by atoms with Crippen LogP contribution in [0.15, 0.2) is 36.7 Å². The van der Waals surface area contributed by atoms with E-state index < -0.39 is 6.04 Å². The molecule has 0 aliphatic heterocycles. The second-order valence-corrected chi connectivity index (χ2v) is 6.22. The first-order valence-electron chi connectivity index (χ1n) is 8.20. The lowest BCUT2D eigenvalue weighted by Gasteiger charge is -2.19. The molecular formula is C19H23N3O3. The first kappa shape index (κ1) is 18.6. The van der Waals surface area contributed by atoms with Gasteiger partial charge in [-0.05, 0) is 33.3 Å².